The van der Waals surface area contributed by atoms with Gasteiger partial charge in [0.2, 0.25) is 0 Å². The number of para-hydroxylation sites is 1. The maximum atomic E-state index is 13.5. The second-order valence-corrected chi connectivity index (χ2v) is 4.55. The zero-order valence-corrected chi connectivity index (χ0v) is 11.3. The Labute approximate surface area is 120 Å². The molecule has 1 heterocycles. The van der Waals surface area contributed by atoms with Gasteiger partial charge in [-0.05, 0) is 24.3 Å². The van der Waals surface area contributed by atoms with E-state index in [0.29, 0.717) is 17.1 Å². The normalized spacial score (nSPS) is 10.8. The second-order valence-electron chi connectivity index (χ2n) is 4.55. The monoisotopic (exact) mass is 289 g/mol. The maximum absolute atomic E-state index is 13.5. The summed E-state index contributed by atoms with van der Waals surface area (Å²) < 4.78 is 37.5. The molecule has 0 saturated heterocycles. The molecule has 0 bridgehead atoms. The van der Waals surface area contributed by atoms with Crippen LogP contribution in [0.4, 0.5) is 14.5 Å². The maximum Gasteiger partial charge on any atom is 0.181 e. The SMILES string of the molecule is COc1cccc2cc(CNc3cccc(F)c3F)oc12. The van der Waals surface area contributed by atoms with Crippen LogP contribution < -0.4 is 10.1 Å². The number of hydrogen-bond donors (Lipinski definition) is 1. The van der Waals surface area contributed by atoms with Gasteiger partial charge in [-0.25, -0.2) is 8.78 Å². The van der Waals surface area contributed by atoms with Gasteiger partial charge in [0, 0.05) is 5.39 Å². The molecule has 1 aromatic heterocycles. The van der Waals surface area contributed by atoms with Crippen molar-refractivity contribution in [2.75, 3.05) is 12.4 Å². The van der Waals surface area contributed by atoms with Crippen LogP contribution in [0, 0.1) is 11.6 Å². The molecule has 108 valence electrons. The smallest absolute Gasteiger partial charge is 0.181 e. The van der Waals surface area contributed by atoms with Gasteiger partial charge in [-0.1, -0.05) is 18.2 Å². The highest BCUT2D eigenvalue weighted by Crippen LogP contribution is 2.29. The highest BCUT2D eigenvalue weighted by Gasteiger charge is 2.10. The summed E-state index contributed by atoms with van der Waals surface area (Å²) in [6, 6.07) is 11.4. The predicted octanol–water partition coefficient (Wildman–Crippen LogP) is 4.33. The largest absolute Gasteiger partial charge is 0.493 e. The molecule has 21 heavy (non-hydrogen) atoms. The van der Waals surface area contributed by atoms with E-state index < -0.39 is 11.6 Å². The Morgan fingerprint density at radius 1 is 1.14 bits per heavy atom. The molecule has 3 aromatic rings. The number of halogens is 2. The number of furan rings is 1. The average Bonchev–Trinajstić information content (AvgIpc) is 2.91. The Balaban J connectivity index is 1.84. The van der Waals surface area contributed by atoms with Crippen molar-refractivity contribution in [1.29, 1.82) is 0 Å². The molecule has 0 saturated carbocycles. The molecule has 2 aromatic carbocycles. The lowest BCUT2D eigenvalue weighted by Gasteiger charge is -2.05. The average molecular weight is 289 g/mol. The van der Waals surface area contributed by atoms with Gasteiger partial charge in [0.05, 0.1) is 19.3 Å². The number of rotatable bonds is 4. The van der Waals surface area contributed by atoms with Crippen LogP contribution in [-0.2, 0) is 6.54 Å². The summed E-state index contributed by atoms with van der Waals surface area (Å²) in [5, 5.41) is 3.71. The quantitative estimate of drug-likeness (QED) is 0.776. The summed E-state index contributed by atoms with van der Waals surface area (Å²) in [5.41, 5.74) is 0.735. The number of anilines is 1. The molecule has 0 amide bonds. The van der Waals surface area contributed by atoms with Crippen molar-refractivity contribution >= 4 is 16.7 Å². The highest BCUT2D eigenvalue weighted by atomic mass is 19.2. The third kappa shape index (κ3) is 2.54. The second kappa shape index (κ2) is 5.44. The first-order valence-corrected chi connectivity index (χ1v) is 6.42. The fourth-order valence-corrected chi connectivity index (χ4v) is 2.16. The third-order valence-electron chi connectivity index (χ3n) is 3.18. The van der Waals surface area contributed by atoms with Crippen LogP contribution in [0.15, 0.2) is 46.9 Å². The molecule has 0 aliphatic rings. The molecule has 0 unspecified atom stereocenters. The van der Waals surface area contributed by atoms with E-state index in [9.17, 15) is 8.78 Å². The van der Waals surface area contributed by atoms with Crippen molar-refractivity contribution in [2.45, 2.75) is 6.54 Å². The minimum Gasteiger partial charge on any atom is -0.493 e. The zero-order chi connectivity index (χ0) is 14.8. The van der Waals surface area contributed by atoms with Gasteiger partial charge in [-0.2, -0.15) is 0 Å². The molecule has 1 N–H and O–H groups in total. The molecule has 0 aliphatic carbocycles. The summed E-state index contributed by atoms with van der Waals surface area (Å²) in [6.45, 7) is 0.248. The van der Waals surface area contributed by atoms with Gasteiger partial charge in [-0.3, -0.25) is 0 Å². The zero-order valence-electron chi connectivity index (χ0n) is 11.3. The summed E-state index contributed by atoms with van der Waals surface area (Å²) in [6.07, 6.45) is 0. The van der Waals surface area contributed by atoms with Crippen molar-refractivity contribution in [3.05, 3.63) is 59.9 Å². The van der Waals surface area contributed by atoms with Gasteiger partial charge >= 0.3 is 0 Å². The first kappa shape index (κ1) is 13.4. The van der Waals surface area contributed by atoms with E-state index in [4.69, 9.17) is 9.15 Å². The van der Waals surface area contributed by atoms with Crippen LogP contribution in [0.2, 0.25) is 0 Å². The molecule has 0 aliphatic heterocycles. The molecule has 0 atom stereocenters. The molecular formula is C16H13F2NO2. The van der Waals surface area contributed by atoms with Crippen molar-refractivity contribution in [2.24, 2.45) is 0 Å². The summed E-state index contributed by atoms with van der Waals surface area (Å²) in [4.78, 5) is 0. The van der Waals surface area contributed by atoms with Crippen LogP contribution in [0.1, 0.15) is 5.76 Å². The van der Waals surface area contributed by atoms with E-state index in [1.165, 1.54) is 12.1 Å². The fourth-order valence-electron chi connectivity index (χ4n) is 2.16. The van der Waals surface area contributed by atoms with Crippen LogP contribution >= 0.6 is 0 Å². The van der Waals surface area contributed by atoms with E-state index in [1.807, 2.05) is 18.2 Å². The first-order chi connectivity index (χ1) is 10.2. The Morgan fingerprint density at radius 2 is 1.95 bits per heavy atom. The number of hydrogen-bond acceptors (Lipinski definition) is 3. The van der Waals surface area contributed by atoms with Crippen molar-refractivity contribution in [3.63, 3.8) is 0 Å². The number of benzene rings is 2. The number of ether oxygens (including phenoxy) is 1. The van der Waals surface area contributed by atoms with Crippen LogP contribution in [0.3, 0.4) is 0 Å². The van der Waals surface area contributed by atoms with Crippen molar-refractivity contribution in [1.82, 2.24) is 0 Å². The summed E-state index contributed by atoms with van der Waals surface area (Å²) in [7, 11) is 1.57. The van der Waals surface area contributed by atoms with Crippen LogP contribution in [0.25, 0.3) is 11.0 Å². The predicted molar refractivity (Wildman–Crippen MR) is 76.5 cm³/mol. The lowest BCUT2D eigenvalue weighted by atomic mass is 10.2. The van der Waals surface area contributed by atoms with Crippen molar-refractivity contribution < 1.29 is 17.9 Å². The van der Waals surface area contributed by atoms with Crippen LogP contribution in [-0.4, -0.2) is 7.11 Å². The topological polar surface area (TPSA) is 34.4 Å². The molecule has 0 fully saturated rings. The minimum absolute atomic E-state index is 0.0995. The molecular weight excluding hydrogens is 276 g/mol. The lowest BCUT2D eigenvalue weighted by Crippen LogP contribution is -2.01. The Bertz CT molecular complexity index is 783. The third-order valence-corrected chi connectivity index (χ3v) is 3.18. The molecule has 5 heteroatoms. The molecule has 3 nitrogen and oxygen atoms in total. The van der Waals surface area contributed by atoms with Gasteiger partial charge in [-0.15, -0.1) is 0 Å². The van der Waals surface area contributed by atoms with E-state index >= 15 is 0 Å². The first-order valence-electron chi connectivity index (χ1n) is 6.42. The van der Waals surface area contributed by atoms with E-state index in [-0.39, 0.29) is 12.2 Å². The fraction of sp³-hybridized carbons (Fsp3) is 0.125. The number of methoxy groups -OCH3 is 1. The van der Waals surface area contributed by atoms with Gasteiger partial charge < -0.3 is 14.5 Å². The number of nitrogens with one attached hydrogen (secondary N) is 1. The summed E-state index contributed by atoms with van der Waals surface area (Å²) in [5.74, 6) is -0.536. The van der Waals surface area contributed by atoms with Crippen LogP contribution in [0.5, 0.6) is 5.75 Å². The van der Waals surface area contributed by atoms with Gasteiger partial charge in [0.1, 0.15) is 5.76 Å². The molecule has 0 spiro atoms. The van der Waals surface area contributed by atoms with Gasteiger partial charge in [0.25, 0.3) is 0 Å². The van der Waals surface area contributed by atoms with E-state index in [0.717, 1.165) is 11.5 Å². The van der Waals surface area contributed by atoms with Gasteiger partial charge in [0.15, 0.2) is 23.0 Å². The standard InChI is InChI=1S/C16H13F2NO2/c1-20-14-7-2-4-10-8-11(21-16(10)14)9-19-13-6-3-5-12(17)15(13)18/h2-8,19H,9H2,1H3. The Hall–Kier alpha value is -2.56. The Morgan fingerprint density at radius 3 is 2.76 bits per heavy atom. The molecule has 3 rings (SSSR count). The Kier molecular flexibility index (Phi) is 3.48. The van der Waals surface area contributed by atoms with Crippen molar-refractivity contribution in [3.8, 4) is 5.75 Å². The minimum atomic E-state index is -0.897. The lowest BCUT2D eigenvalue weighted by molar-refractivity contribution is 0.408. The summed E-state index contributed by atoms with van der Waals surface area (Å²) >= 11 is 0. The number of fused-ring (bicyclic) bond motifs is 1. The molecule has 0 radical (unpaired) electrons. The van der Waals surface area contributed by atoms with E-state index in [2.05, 4.69) is 5.32 Å². The van der Waals surface area contributed by atoms with E-state index in [1.54, 1.807) is 13.2 Å². The highest BCUT2D eigenvalue weighted by molar-refractivity contribution is 5.83.